The molecule has 0 saturated carbocycles. The number of hydrogen-bond donors (Lipinski definition) is 2. The number of halogens is 1. The molecule has 23 heavy (non-hydrogen) atoms. The Morgan fingerprint density at radius 3 is 2.61 bits per heavy atom. The zero-order valence-electron chi connectivity index (χ0n) is 13.5. The Kier molecular flexibility index (Phi) is 6.90. The molecule has 1 saturated heterocycles. The van der Waals surface area contributed by atoms with E-state index in [-0.39, 0.29) is 12.4 Å². The first kappa shape index (κ1) is 17.8. The molecule has 3 rings (SSSR count). The highest BCUT2D eigenvalue weighted by atomic mass is 35.5. The Morgan fingerprint density at radius 2 is 1.83 bits per heavy atom. The van der Waals surface area contributed by atoms with Crippen LogP contribution in [0.25, 0.3) is 0 Å². The maximum absolute atomic E-state index is 5.44. The van der Waals surface area contributed by atoms with Crippen molar-refractivity contribution in [3.05, 3.63) is 65.7 Å². The second-order valence-electron chi connectivity index (χ2n) is 5.81. The highest BCUT2D eigenvalue weighted by molar-refractivity contribution is 5.85. The van der Waals surface area contributed by atoms with E-state index in [1.54, 1.807) is 7.11 Å². The molecular weight excluding hydrogens is 308 g/mol. The number of nitrogens with one attached hydrogen (secondary N) is 2. The zero-order chi connectivity index (χ0) is 15.2. The Morgan fingerprint density at radius 1 is 1.09 bits per heavy atom. The van der Waals surface area contributed by atoms with Crippen molar-refractivity contribution in [2.45, 2.75) is 24.9 Å². The van der Waals surface area contributed by atoms with E-state index >= 15 is 0 Å². The lowest BCUT2D eigenvalue weighted by Crippen LogP contribution is -2.45. The fourth-order valence-electron chi connectivity index (χ4n) is 3.24. The van der Waals surface area contributed by atoms with Crippen molar-refractivity contribution in [2.75, 3.05) is 20.2 Å². The summed E-state index contributed by atoms with van der Waals surface area (Å²) in [4.78, 5) is 0. The van der Waals surface area contributed by atoms with Gasteiger partial charge in [0, 0.05) is 30.6 Å². The lowest BCUT2D eigenvalue weighted by atomic mass is 9.87. The van der Waals surface area contributed by atoms with Crippen LogP contribution in [0.5, 0.6) is 5.75 Å². The fourth-order valence-corrected chi connectivity index (χ4v) is 3.24. The van der Waals surface area contributed by atoms with E-state index in [0.29, 0.717) is 12.0 Å². The maximum atomic E-state index is 5.44. The third-order valence-electron chi connectivity index (χ3n) is 4.46. The topological polar surface area (TPSA) is 33.3 Å². The van der Waals surface area contributed by atoms with Crippen molar-refractivity contribution in [2.24, 2.45) is 0 Å². The summed E-state index contributed by atoms with van der Waals surface area (Å²) in [5, 5.41) is 7.26. The van der Waals surface area contributed by atoms with Crippen LogP contribution in [0.2, 0.25) is 0 Å². The summed E-state index contributed by atoms with van der Waals surface area (Å²) in [5.41, 5.74) is 2.63. The van der Waals surface area contributed by atoms with Gasteiger partial charge >= 0.3 is 0 Å². The van der Waals surface area contributed by atoms with Crippen molar-refractivity contribution in [1.82, 2.24) is 10.6 Å². The molecule has 1 fully saturated rings. The number of piperidine rings is 1. The summed E-state index contributed by atoms with van der Waals surface area (Å²) in [6, 6.07) is 19.5. The third-order valence-corrected chi connectivity index (χ3v) is 4.46. The Balaban J connectivity index is 0.00000192. The second kappa shape index (κ2) is 8.92. The summed E-state index contributed by atoms with van der Waals surface area (Å²) < 4.78 is 5.44. The summed E-state index contributed by atoms with van der Waals surface area (Å²) in [6.45, 7) is 2.96. The quantitative estimate of drug-likeness (QED) is 0.881. The van der Waals surface area contributed by atoms with Crippen LogP contribution >= 0.6 is 12.4 Å². The van der Waals surface area contributed by atoms with E-state index in [9.17, 15) is 0 Å². The van der Waals surface area contributed by atoms with E-state index in [1.807, 2.05) is 12.1 Å². The standard InChI is InChI=1S/C19H24N2O.ClH/c1-22-19-10-6-5-9-16(19)13-21-18-11-12-20-14-17(18)15-7-3-2-4-8-15;/h2-10,17-18,20-21H,11-14H2,1H3;1H. The molecule has 3 nitrogen and oxygen atoms in total. The maximum Gasteiger partial charge on any atom is 0.123 e. The van der Waals surface area contributed by atoms with Gasteiger partial charge in [-0.3, -0.25) is 0 Å². The van der Waals surface area contributed by atoms with Crippen LogP contribution in [0, 0.1) is 0 Å². The molecule has 0 aliphatic carbocycles. The van der Waals surface area contributed by atoms with Gasteiger partial charge in [0.2, 0.25) is 0 Å². The average Bonchev–Trinajstić information content (AvgIpc) is 2.61. The van der Waals surface area contributed by atoms with Gasteiger partial charge in [0.15, 0.2) is 0 Å². The lowest BCUT2D eigenvalue weighted by molar-refractivity contribution is 0.337. The van der Waals surface area contributed by atoms with Crippen LogP contribution in [0.1, 0.15) is 23.5 Å². The molecule has 2 N–H and O–H groups in total. The molecule has 2 aromatic rings. The minimum atomic E-state index is 0. The highest BCUT2D eigenvalue weighted by Gasteiger charge is 2.25. The van der Waals surface area contributed by atoms with Crippen molar-refractivity contribution in [3.63, 3.8) is 0 Å². The van der Waals surface area contributed by atoms with Gasteiger partial charge < -0.3 is 15.4 Å². The molecule has 1 aliphatic rings. The van der Waals surface area contributed by atoms with Crippen molar-refractivity contribution < 1.29 is 4.74 Å². The number of rotatable bonds is 5. The first-order chi connectivity index (χ1) is 10.9. The van der Waals surface area contributed by atoms with Gasteiger partial charge in [-0.05, 0) is 24.6 Å². The van der Waals surface area contributed by atoms with Gasteiger partial charge in [0.1, 0.15) is 5.75 Å². The molecular formula is C19H25ClN2O. The van der Waals surface area contributed by atoms with Crippen LogP contribution in [-0.4, -0.2) is 26.2 Å². The smallest absolute Gasteiger partial charge is 0.123 e. The molecule has 0 radical (unpaired) electrons. The van der Waals surface area contributed by atoms with Crippen molar-refractivity contribution in [1.29, 1.82) is 0 Å². The molecule has 4 heteroatoms. The molecule has 2 atom stereocenters. The van der Waals surface area contributed by atoms with Crippen LogP contribution in [-0.2, 0) is 6.54 Å². The Labute approximate surface area is 144 Å². The molecule has 0 amide bonds. The minimum Gasteiger partial charge on any atom is -0.496 e. The van der Waals surface area contributed by atoms with E-state index in [1.165, 1.54) is 11.1 Å². The lowest BCUT2D eigenvalue weighted by Gasteiger charge is -2.33. The summed E-state index contributed by atoms with van der Waals surface area (Å²) in [5.74, 6) is 1.48. The third kappa shape index (κ3) is 4.47. The summed E-state index contributed by atoms with van der Waals surface area (Å²) in [7, 11) is 1.73. The van der Waals surface area contributed by atoms with Gasteiger partial charge in [0.05, 0.1) is 7.11 Å². The van der Waals surface area contributed by atoms with Crippen LogP contribution in [0.15, 0.2) is 54.6 Å². The van der Waals surface area contributed by atoms with Gasteiger partial charge in [-0.25, -0.2) is 0 Å². The largest absolute Gasteiger partial charge is 0.496 e. The van der Waals surface area contributed by atoms with E-state index in [2.05, 4.69) is 53.1 Å². The minimum absolute atomic E-state index is 0. The van der Waals surface area contributed by atoms with Crippen molar-refractivity contribution >= 4 is 12.4 Å². The van der Waals surface area contributed by atoms with Gasteiger partial charge in [-0.1, -0.05) is 48.5 Å². The fraction of sp³-hybridized carbons (Fsp3) is 0.368. The molecule has 1 aliphatic heterocycles. The van der Waals surface area contributed by atoms with Crippen LogP contribution in [0.3, 0.4) is 0 Å². The molecule has 1 heterocycles. The predicted molar refractivity (Wildman–Crippen MR) is 97.5 cm³/mol. The number of ether oxygens (including phenoxy) is 1. The van der Waals surface area contributed by atoms with Gasteiger partial charge in [0.25, 0.3) is 0 Å². The number of methoxy groups -OCH3 is 1. The first-order valence-electron chi connectivity index (χ1n) is 7.99. The number of hydrogen-bond acceptors (Lipinski definition) is 3. The second-order valence-corrected chi connectivity index (χ2v) is 5.81. The Bertz CT molecular complexity index is 591. The first-order valence-corrected chi connectivity index (χ1v) is 7.99. The molecule has 124 valence electrons. The van der Waals surface area contributed by atoms with E-state index in [0.717, 1.165) is 31.8 Å². The van der Waals surface area contributed by atoms with E-state index < -0.39 is 0 Å². The Hall–Kier alpha value is -1.55. The summed E-state index contributed by atoms with van der Waals surface area (Å²) in [6.07, 6.45) is 1.15. The number of benzene rings is 2. The molecule has 0 aromatic heterocycles. The normalized spacial score (nSPS) is 20.6. The van der Waals surface area contributed by atoms with Crippen LogP contribution in [0.4, 0.5) is 0 Å². The van der Waals surface area contributed by atoms with Crippen LogP contribution < -0.4 is 15.4 Å². The van der Waals surface area contributed by atoms with Crippen molar-refractivity contribution in [3.8, 4) is 5.75 Å². The molecule has 2 unspecified atom stereocenters. The van der Waals surface area contributed by atoms with Gasteiger partial charge in [-0.15, -0.1) is 12.4 Å². The summed E-state index contributed by atoms with van der Waals surface area (Å²) >= 11 is 0. The number of para-hydroxylation sites is 1. The van der Waals surface area contributed by atoms with E-state index in [4.69, 9.17) is 4.74 Å². The molecule has 2 aromatic carbocycles. The van der Waals surface area contributed by atoms with Gasteiger partial charge in [-0.2, -0.15) is 0 Å². The molecule has 0 spiro atoms. The highest BCUT2D eigenvalue weighted by Crippen LogP contribution is 2.25. The molecule has 0 bridgehead atoms. The average molecular weight is 333 g/mol. The predicted octanol–water partition coefficient (Wildman–Crippen LogP) is 3.35. The SMILES string of the molecule is COc1ccccc1CNC1CCNCC1c1ccccc1.Cl. The zero-order valence-corrected chi connectivity index (χ0v) is 14.3. The monoisotopic (exact) mass is 332 g/mol.